The first-order chi connectivity index (χ1) is 16.2. The Labute approximate surface area is 233 Å². The number of hydrogen-bond acceptors (Lipinski definition) is 4. The maximum atomic E-state index is 12.8. The third kappa shape index (κ3) is 6.53. The fourth-order valence-electron chi connectivity index (χ4n) is 3.30. The molecule has 10 heteroatoms. The number of halogens is 4. The highest BCUT2D eigenvalue weighted by molar-refractivity contribution is 9.11. The van der Waals surface area contributed by atoms with Gasteiger partial charge in [0.25, 0.3) is 0 Å². The predicted octanol–water partition coefficient (Wildman–Crippen LogP) is 7.72. The third-order valence-electron chi connectivity index (χ3n) is 5.09. The quantitative estimate of drug-likeness (QED) is 0.228. The Balaban J connectivity index is 0.000000271. The second-order valence-corrected chi connectivity index (χ2v) is 12.4. The molecule has 0 atom stereocenters. The molecule has 5 nitrogen and oxygen atoms in total. The Morgan fingerprint density at radius 1 is 0.765 bits per heavy atom. The molecule has 0 aliphatic carbocycles. The number of hydrogen-bond donors (Lipinski definition) is 1. The molecule has 0 unspecified atom stereocenters. The average molecular weight is 735 g/mol. The summed E-state index contributed by atoms with van der Waals surface area (Å²) in [6.07, 6.45) is 7.90. The van der Waals surface area contributed by atoms with E-state index in [-0.39, 0.29) is 11.4 Å². The van der Waals surface area contributed by atoms with Crippen LogP contribution in [0.4, 0.5) is 0 Å². The first-order valence-corrected chi connectivity index (χ1v) is 14.8. The number of rotatable bonds is 5. The van der Waals surface area contributed by atoms with E-state index in [2.05, 4.69) is 85.3 Å². The molecule has 0 bridgehead atoms. The molecule has 34 heavy (non-hydrogen) atoms. The highest BCUT2D eigenvalue weighted by atomic mass is 79.9. The van der Waals surface area contributed by atoms with Crippen molar-refractivity contribution in [1.29, 1.82) is 0 Å². The van der Waals surface area contributed by atoms with Gasteiger partial charge in [-0.2, -0.15) is 0 Å². The van der Waals surface area contributed by atoms with Gasteiger partial charge < -0.3 is 0 Å². The highest BCUT2D eigenvalue weighted by Gasteiger charge is 2.18. The second-order valence-electron chi connectivity index (χ2n) is 7.27. The molecule has 0 saturated heterocycles. The zero-order valence-corrected chi connectivity index (χ0v) is 25.5. The van der Waals surface area contributed by atoms with Gasteiger partial charge in [-0.3, -0.25) is 9.97 Å². The normalized spacial score (nSPS) is 11.2. The first kappa shape index (κ1) is 27.4. The topological polar surface area (TPSA) is 72.0 Å². The summed E-state index contributed by atoms with van der Waals surface area (Å²) in [7, 11) is -3.65. The highest BCUT2D eigenvalue weighted by Crippen LogP contribution is 2.27. The van der Waals surface area contributed by atoms with Crippen molar-refractivity contribution in [2.45, 2.75) is 31.7 Å². The van der Waals surface area contributed by atoms with Gasteiger partial charge in [0.2, 0.25) is 10.0 Å². The molecule has 0 radical (unpaired) electrons. The minimum Gasteiger partial charge on any atom is -0.262 e. The number of fused-ring (bicyclic) bond motifs is 1. The van der Waals surface area contributed by atoms with Crippen LogP contribution in [-0.2, 0) is 23.0 Å². The van der Waals surface area contributed by atoms with E-state index in [1.165, 1.54) is 5.56 Å². The lowest BCUT2D eigenvalue weighted by molar-refractivity contribution is 0.582. The number of sulfonamides is 1. The van der Waals surface area contributed by atoms with E-state index < -0.39 is 10.0 Å². The number of nitrogens with one attached hydrogen (secondary N) is 1. The van der Waals surface area contributed by atoms with Crippen molar-refractivity contribution in [2.24, 2.45) is 0 Å². The van der Waals surface area contributed by atoms with Crippen LogP contribution in [0.1, 0.15) is 23.6 Å². The van der Waals surface area contributed by atoms with Crippen molar-refractivity contribution < 1.29 is 8.42 Å². The zero-order valence-electron chi connectivity index (χ0n) is 18.3. The van der Waals surface area contributed by atoms with Crippen LogP contribution in [0, 0.1) is 6.92 Å². The number of benzene rings is 2. The monoisotopic (exact) mass is 731 g/mol. The smallest absolute Gasteiger partial charge is 0.241 e. The van der Waals surface area contributed by atoms with E-state index in [0.29, 0.717) is 0 Å². The SMILES string of the molecule is CCc1c(Br)cncc1Br.Cc1cccc2c(S(=O)(=O)NCc3c(Br)cncc3Br)cccc12. The summed E-state index contributed by atoms with van der Waals surface area (Å²) in [5.41, 5.74) is 3.11. The maximum Gasteiger partial charge on any atom is 0.241 e. The lowest BCUT2D eigenvalue weighted by Gasteiger charge is -2.12. The third-order valence-corrected chi connectivity index (χ3v) is 9.28. The molecule has 0 amide bonds. The zero-order chi connectivity index (χ0) is 24.9. The average Bonchev–Trinajstić information content (AvgIpc) is 2.79. The molecule has 2 heterocycles. The molecule has 0 aliphatic rings. The number of aryl methyl sites for hydroxylation is 1. The molecule has 2 aromatic carbocycles. The molecular weight excluding hydrogens is 714 g/mol. The molecule has 2 aromatic heterocycles. The Morgan fingerprint density at radius 2 is 1.26 bits per heavy atom. The van der Waals surface area contributed by atoms with Gasteiger partial charge in [0, 0.05) is 54.6 Å². The van der Waals surface area contributed by atoms with Gasteiger partial charge in [0.1, 0.15) is 0 Å². The van der Waals surface area contributed by atoms with Gasteiger partial charge >= 0.3 is 0 Å². The predicted molar refractivity (Wildman–Crippen MR) is 151 cm³/mol. The second kappa shape index (κ2) is 12.2. The molecule has 0 aliphatic heterocycles. The van der Waals surface area contributed by atoms with Crippen molar-refractivity contribution in [3.8, 4) is 0 Å². The van der Waals surface area contributed by atoms with Gasteiger partial charge in [-0.25, -0.2) is 13.1 Å². The van der Waals surface area contributed by atoms with Crippen LogP contribution < -0.4 is 4.72 Å². The summed E-state index contributed by atoms with van der Waals surface area (Å²) in [6, 6.07) is 11.0. The van der Waals surface area contributed by atoms with E-state index in [0.717, 1.165) is 46.2 Å². The van der Waals surface area contributed by atoms with Gasteiger partial charge in [-0.15, -0.1) is 0 Å². The maximum absolute atomic E-state index is 12.8. The molecule has 0 fully saturated rings. The molecular formula is C24H21Br4N3O2S. The van der Waals surface area contributed by atoms with Crippen molar-refractivity contribution in [2.75, 3.05) is 0 Å². The Morgan fingerprint density at radius 3 is 1.79 bits per heavy atom. The fourth-order valence-corrected chi connectivity index (χ4v) is 7.22. The van der Waals surface area contributed by atoms with Crippen molar-refractivity contribution in [3.05, 3.63) is 95.8 Å². The minimum atomic E-state index is -3.65. The summed E-state index contributed by atoms with van der Waals surface area (Å²) >= 11 is 13.6. The largest absolute Gasteiger partial charge is 0.262 e. The molecule has 4 aromatic rings. The van der Waals surface area contributed by atoms with Crippen LogP contribution in [0.2, 0.25) is 0 Å². The van der Waals surface area contributed by atoms with Gasteiger partial charge in [0.15, 0.2) is 0 Å². The van der Waals surface area contributed by atoms with Crippen LogP contribution in [0.5, 0.6) is 0 Å². The van der Waals surface area contributed by atoms with Crippen molar-refractivity contribution >= 4 is 84.5 Å². The molecule has 178 valence electrons. The fraction of sp³-hybridized carbons (Fsp3) is 0.167. The van der Waals surface area contributed by atoms with E-state index in [4.69, 9.17) is 0 Å². The summed E-state index contributed by atoms with van der Waals surface area (Å²) in [5.74, 6) is 0. The molecule has 4 rings (SSSR count). The van der Waals surface area contributed by atoms with E-state index in [9.17, 15) is 8.42 Å². The first-order valence-electron chi connectivity index (χ1n) is 10.2. The summed E-state index contributed by atoms with van der Waals surface area (Å²) in [6.45, 7) is 4.25. The van der Waals surface area contributed by atoms with E-state index in [1.807, 2.05) is 43.6 Å². The van der Waals surface area contributed by atoms with Gasteiger partial charge in [-0.1, -0.05) is 37.3 Å². The summed E-state index contributed by atoms with van der Waals surface area (Å²) < 4.78 is 31.9. The molecule has 1 N–H and O–H groups in total. The van der Waals surface area contributed by atoms with Crippen LogP contribution in [0.25, 0.3) is 10.8 Å². The summed E-state index contributed by atoms with van der Waals surface area (Å²) in [4.78, 5) is 8.31. The minimum absolute atomic E-state index is 0.161. The van der Waals surface area contributed by atoms with Crippen LogP contribution >= 0.6 is 63.7 Å². The van der Waals surface area contributed by atoms with E-state index in [1.54, 1.807) is 24.5 Å². The van der Waals surface area contributed by atoms with E-state index >= 15 is 0 Å². The number of aromatic nitrogens is 2. The van der Waals surface area contributed by atoms with Crippen LogP contribution in [-0.4, -0.2) is 18.4 Å². The molecule has 0 saturated carbocycles. The lowest BCUT2D eigenvalue weighted by Crippen LogP contribution is -2.24. The number of nitrogens with zero attached hydrogens (tertiary/aromatic N) is 2. The van der Waals surface area contributed by atoms with Crippen LogP contribution in [0.15, 0.2) is 84.0 Å². The van der Waals surface area contributed by atoms with Gasteiger partial charge in [0.05, 0.1) is 4.90 Å². The molecule has 0 spiro atoms. The Kier molecular flexibility index (Phi) is 9.83. The standard InChI is InChI=1S/C17H14Br2N2O2S.C7H7Br2N/c1-11-4-2-6-13-12(11)5-3-7-17(13)24(22,23)21-8-14-15(18)9-20-10-16(14)19;1-2-5-6(8)3-10-4-7(5)9/h2-7,9-10,21H,8H2,1H3;3-4H,2H2,1H3. The lowest BCUT2D eigenvalue weighted by atomic mass is 10.1. The number of pyridine rings is 2. The van der Waals surface area contributed by atoms with Gasteiger partial charge in [-0.05, 0) is 105 Å². The Bertz CT molecular complexity index is 1390. The Hall–Kier alpha value is -1.17. The van der Waals surface area contributed by atoms with Crippen molar-refractivity contribution in [1.82, 2.24) is 14.7 Å². The van der Waals surface area contributed by atoms with Crippen molar-refractivity contribution in [3.63, 3.8) is 0 Å². The van der Waals surface area contributed by atoms with Crippen LogP contribution in [0.3, 0.4) is 0 Å². The summed E-state index contributed by atoms with van der Waals surface area (Å²) in [5, 5.41) is 1.66.